The van der Waals surface area contributed by atoms with Crippen LogP contribution in [0, 0.1) is 0 Å². The molecule has 0 bridgehead atoms. The molecule has 0 N–H and O–H groups in total. The van der Waals surface area contributed by atoms with Gasteiger partial charge in [0.25, 0.3) is 0 Å². The minimum Gasteiger partial charge on any atom is -0.372 e. The van der Waals surface area contributed by atoms with E-state index in [4.69, 9.17) is 0 Å². The van der Waals surface area contributed by atoms with E-state index in [0.717, 1.165) is 22.5 Å². The predicted octanol–water partition coefficient (Wildman–Crippen LogP) is 2.64. The lowest BCUT2D eigenvalue weighted by molar-refractivity contribution is 0.970. The number of aromatic nitrogens is 1. The molecule has 0 aliphatic rings. The molecular formula is C9H13BrN2S. The number of halogens is 1. The fourth-order valence-corrected chi connectivity index (χ4v) is 1.78. The molecule has 0 fully saturated rings. The van der Waals surface area contributed by atoms with Crippen LogP contribution in [0.2, 0.25) is 0 Å². The average molecular weight is 261 g/mol. The summed E-state index contributed by atoms with van der Waals surface area (Å²) in [5.41, 5.74) is 1.16. The Balaban J connectivity index is 2.60. The van der Waals surface area contributed by atoms with Gasteiger partial charge in [-0.05, 0) is 28.3 Å². The van der Waals surface area contributed by atoms with Gasteiger partial charge in [-0.1, -0.05) is 0 Å². The minimum absolute atomic E-state index is 1.03. The first-order valence-corrected chi connectivity index (χ1v) is 6.23. The van der Waals surface area contributed by atoms with Crippen LogP contribution in [0.25, 0.3) is 0 Å². The maximum atomic E-state index is 4.12. The van der Waals surface area contributed by atoms with Gasteiger partial charge in [-0.3, -0.25) is 4.98 Å². The molecule has 1 heterocycles. The molecule has 0 atom stereocenters. The third-order valence-corrected chi connectivity index (χ3v) is 2.79. The number of pyridine rings is 1. The topological polar surface area (TPSA) is 16.1 Å². The Morgan fingerprint density at radius 2 is 2.31 bits per heavy atom. The van der Waals surface area contributed by atoms with Crippen molar-refractivity contribution < 1.29 is 0 Å². The highest BCUT2D eigenvalue weighted by atomic mass is 79.9. The van der Waals surface area contributed by atoms with Crippen LogP contribution in [-0.2, 0) is 0 Å². The van der Waals surface area contributed by atoms with Crippen molar-refractivity contribution in [2.75, 3.05) is 30.5 Å². The lowest BCUT2D eigenvalue weighted by Crippen LogP contribution is -2.20. The van der Waals surface area contributed by atoms with Crippen LogP contribution < -0.4 is 4.90 Å². The number of hydrogen-bond acceptors (Lipinski definition) is 3. The molecule has 2 nitrogen and oxygen atoms in total. The third kappa shape index (κ3) is 3.56. The second kappa shape index (κ2) is 5.50. The third-order valence-electron chi connectivity index (χ3n) is 1.76. The first-order chi connectivity index (χ1) is 6.24. The molecule has 0 radical (unpaired) electrons. The zero-order valence-corrected chi connectivity index (χ0v) is 10.2. The molecule has 0 aliphatic heterocycles. The van der Waals surface area contributed by atoms with Crippen LogP contribution in [0.5, 0.6) is 0 Å². The predicted molar refractivity (Wildman–Crippen MR) is 63.6 cm³/mol. The lowest BCUT2D eigenvalue weighted by Gasteiger charge is -2.18. The normalized spacial score (nSPS) is 10.1. The Bertz CT molecular complexity index is 268. The van der Waals surface area contributed by atoms with E-state index < -0.39 is 0 Å². The van der Waals surface area contributed by atoms with Crippen LogP contribution in [0.4, 0.5) is 5.69 Å². The maximum absolute atomic E-state index is 4.12. The zero-order valence-electron chi connectivity index (χ0n) is 7.83. The van der Waals surface area contributed by atoms with E-state index in [1.807, 2.05) is 18.0 Å². The summed E-state index contributed by atoms with van der Waals surface area (Å²) in [6, 6.07) is 2.08. The van der Waals surface area contributed by atoms with Crippen LogP contribution in [0.15, 0.2) is 22.9 Å². The number of nitrogens with zero attached hydrogens (tertiary/aromatic N) is 2. The van der Waals surface area contributed by atoms with E-state index in [-0.39, 0.29) is 0 Å². The second-order valence-corrected chi connectivity index (χ2v) is 4.68. The van der Waals surface area contributed by atoms with Crippen molar-refractivity contribution in [3.05, 3.63) is 22.9 Å². The summed E-state index contributed by atoms with van der Waals surface area (Å²) in [4.78, 5) is 6.32. The second-order valence-electron chi connectivity index (χ2n) is 2.78. The van der Waals surface area contributed by atoms with Gasteiger partial charge in [0, 0.05) is 30.0 Å². The summed E-state index contributed by atoms with van der Waals surface area (Å²) < 4.78 is 1.03. The highest BCUT2D eigenvalue weighted by molar-refractivity contribution is 9.10. The van der Waals surface area contributed by atoms with E-state index >= 15 is 0 Å². The van der Waals surface area contributed by atoms with Gasteiger partial charge >= 0.3 is 0 Å². The molecule has 0 unspecified atom stereocenters. The van der Waals surface area contributed by atoms with Gasteiger partial charge in [-0.2, -0.15) is 11.8 Å². The molecule has 72 valence electrons. The first kappa shape index (κ1) is 10.9. The molecule has 1 aromatic rings. The van der Waals surface area contributed by atoms with Crippen molar-refractivity contribution in [1.82, 2.24) is 4.98 Å². The van der Waals surface area contributed by atoms with E-state index in [2.05, 4.69) is 45.2 Å². The fraction of sp³-hybridized carbons (Fsp3) is 0.444. The highest BCUT2D eigenvalue weighted by Gasteiger charge is 2.00. The van der Waals surface area contributed by atoms with Crippen molar-refractivity contribution >= 4 is 33.4 Å². The molecule has 1 aromatic heterocycles. The molecule has 0 aromatic carbocycles. The van der Waals surface area contributed by atoms with Crippen LogP contribution >= 0.6 is 27.7 Å². The van der Waals surface area contributed by atoms with Crippen molar-refractivity contribution in [3.63, 3.8) is 0 Å². The van der Waals surface area contributed by atoms with Crippen LogP contribution in [-0.4, -0.2) is 30.6 Å². The van der Waals surface area contributed by atoms with Crippen molar-refractivity contribution in [2.24, 2.45) is 0 Å². The largest absolute Gasteiger partial charge is 0.372 e. The van der Waals surface area contributed by atoms with E-state index in [0.29, 0.717) is 0 Å². The van der Waals surface area contributed by atoms with Gasteiger partial charge in [0.1, 0.15) is 0 Å². The van der Waals surface area contributed by atoms with E-state index in [1.54, 1.807) is 6.20 Å². The quantitative estimate of drug-likeness (QED) is 0.829. The Morgan fingerprint density at radius 1 is 1.54 bits per heavy atom. The molecule has 13 heavy (non-hydrogen) atoms. The fourth-order valence-electron chi connectivity index (χ4n) is 0.967. The molecule has 1 rings (SSSR count). The lowest BCUT2D eigenvalue weighted by atomic mass is 10.4. The molecular weight excluding hydrogens is 248 g/mol. The molecule has 0 saturated heterocycles. The number of anilines is 1. The van der Waals surface area contributed by atoms with Crippen molar-refractivity contribution in [1.29, 1.82) is 0 Å². The minimum atomic E-state index is 1.03. The molecule has 4 heteroatoms. The number of rotatable bonds is 4. The van der Waals surface area contributed by atoms with Crippen LogP contribution in [0.3, 0.4) is 0 Å². The summed E-state index contributed by atoms with van der Waals surface area (Å²) in [6.07, 6.45) is 5.80. The summed E-state index contributed by atoms with van der Waals surface area (Å²) in [7, 11) is 2.08. The Kier molecular flexibility index (Phi) is 4.59. The summed E-state index contributed by atoms with van der Waals surface area (Å²) in [5, 5.41) is 0. The molecule has 0 saturated carbocycles. The molecule has 0 spiro atoms. The Morgan fingerprint density at radius 3 is 2.92 bits per heavy atom. The summed E-state index contributed by atoms with van der Waals surface area (Å²) >= 11 is 5.26. The molecule has 0 aliphatic carbocycles. The first-order valence-electron chi connectivity index (χ1n) is 4.04. The monoisotopic (exact) mass is 260 g/mol. The van der Waals surface area contributed by atoms with Crippen molar-refractivity contribution in [3.8, 4) is 0 Å². The number of thioether (sulfide) groups is 1. The molecule has 0 amide bonds. The highest BCUT2D eigenvalue weighted by Crippen LogP contribution is 2.16. The standard InChI is InChI=1S/C9H13BrN2S/c1-12(3-4-13-2)9-5-8(10)6-11-7-9/h5-7H,3-4H2,1-2H3. The van der Waals surface area contributed by atoms with Gasteiger partial charge in [0.2, 0.25) is 0 Å². The van der Waals surface area contributed by atoms with Gasteiger partial charge in [-0.25, -0.2) is 0 Å². The summed E-state index contributed by atoms with van der Waals surface area (Å²) in [5.74, 6) is 1.14. The SMILES string of the molecule is CSCCN(C)c1cncc(Br)c1. The Labute approximate surface area is 91.9 Å². The average Bonchev–Trinajstić information content (AvgIpc) is 2.14. The van der Waals surface area contributed by atoms with E-state index in [9.17, 15) is 0 Å². The van der Waals surface area contributed by atoms with E-state index in [1.165, 1.54) is 0 Å². The van der Waals surface area contributed by atoms with Crippen LogP contribution in [0.1, 0.15) is 0 Å². The smallest absolute Gasteiger partial charge is 0.0561 e. The number of hydrogen-bond donors (Lipinski definition) is 0. The van der Waals surface area contributed by atoms with Gasteiger partial charge in [0.05, 0.1) is 11.9 Å². The van der Waals surface area contributed by atoms with Gasteiger partial charge in [-0.15, -0.1) is 0 Å². The zero-order chi connectivity index (χ0) is 9.68. The van der Waals surface area contributed by atoms with Gasteiger partial charge in [0.15, 0.2) is 0 Å². The Hall–Kier alpha value is -0.220. The maximum Gasteiger partial charge on any atom is 0.0561 e. The summed E-state index contributed by atoms with van der Waals surface area (Å²) in [6.45, 7) is 1.05. The van der Waals surface area contributed by atoms with Crippen molar-refractivity contribution in [2.45, 2.75) is 0 Å². The van der Waals surface area contributed by atoms with Gasteiger partial charge < -0.3 is 4.90 Å².